The molecular weight excluding hydrogens is 252 g/mol. The van der Waals surface area contributed by atoms with Crippen molar-refractivity contribution in [1.29, 1.82) is 5.26 Å². The topological polar surface area (TPSA) is 87.0 Å². The number of anilines is 1. The number of carbonyl (C=O) groups excluding carboxylic acids is 1. The van der Waals surface area contributed by atoms with E-state index >= 15 is 0 Å². The molecule has 1 amide bonds. The minimum absolute atomic E-state index is 0.0734. The summed E-state index contributed by atoms with van der Waals surface area (Å²) in [5.41, 5.74) is 1.28. The van der Waals surface area contributed by atoms with Gasteiger partial charge in [-0.15, -0.1) is 0 Å². The van der Waals surface area contributed by atoms with Gasteiger partial charge in [0.05, 0.1) is 17.4 Å². The van der Waals surface area contributed by atoms with Crippen LogP contribution in [0.15, 0.2) is 23.1 Å². The molecule has 2 rings (SSSR count). The van der Waals surface area contributed by atoms with Crippen molar-refractivity contribution >= 4 is 21.4 Å². The Hall–Kier alpha value is -1.87. The van der Waals surface area contributed by atoms with E-state index in [1.165, 1.54) is 26.0 Å². The van der Waals surface area contributed by atoms with E-state index in [0.717, 1.165) is 0 Å². The molecule has 94 valence electrons. The van der Waals surface area contributed by atoms with Gasteiger partial charge in [-0.1, -0.05) is 0 Å². The molecule has 1 aliphatic rings. The third kappa shape index (κ3) is 1.77. The van der Waals surface area contributed by atoms with Crippen LogP contribution in [0.3, 0.4) is 0 Å². The minimum atomic E-state index is -3.73. The Balaban J connectivity index is 2.53. The van der Waals surface area contributed by atoms with Gasteiger partial charge in [-0.05, 0) is 37.6 Å². The van der Waals surface area contributed by atoms with Crippen molar-refractivity contribution in [3.05, 3.63) is 23.8 Å². The average Bonchev–Trinajstić information content (AvgIpc) is 2.67. The van der Waals surface area contributed by atoms with Gasteiger partial charge < -0.3 is 5.32 Å². The molecule has 0 aromatic heterocycles. The fourth-order valence-corrected chi connectivity index (χ4v) is 2.98. The molecule has 0 radical (unpaired) electrons. The number of hydrogen-bond acceptors (Lipinski definition) is 4. The van der Waals surface area contributed by atoms with E-state index in [4.69, 9.17) is 5.26 Å². The molecule has 0 aliphatic carbocycles. The highest BCUT2D eigenvalue weighted by Gasteiger charge is 2.36. The number of fused-ring (bicyclic) bond motifs is 1. The van der Waals surface area contributed by atoms with Crippen molar-refractivity contribution < 1.29 is 13.2 Å². The Bertz CT molecular complexity index is 669. The summed E-state index contributed by atoms with van der Waals surface area (Å²) in [6.07, 6.45) is 0.172. The normalized spacial score (nSPS) is 14.8. The molecule has 1 aromatic carbocycles. The average molecular weight is 264 g/mol. The summed E-state index contributed by atoms with van der Waals surface area (Å²) in [7, 11) is -3.73. The second kappa shape index (κ2) is 3.82. The second-order valence-corrected chi connectivity index (χ2v) is 7.17. The highest BCUT2D eigenvalue weighted by Crippen LogP contribution is 2.30. The van der Waals surface area contributed by atoms with Crippen LogP contribution in [0.5, 0.6) is 0 Å². The van der Waals surface area contributed by atoms with E-state index in [1.807, 2.05) is 0 Å². The van der Waals surface area contributed by atoms with Crippen molar-refractivity contribution in [2.24, 2.45) is 0 Å². The molecule has 1 N–H and O–H groups in total. The van der Waals surface area contributed by atoms with Crippen molar-refractivity contribution in [2.75, 3.05) is 5.32 Å². The number of amides is 1. The van der Waals surface area contributed by atoms with Crippen molar-refractivity contribution in [1.82, 2.24) is 0 Å². The molecule has 0 saturated heterocycles. The van der Waals surface area contributed by atoms with Gasteiger partial charge in [-0.3, -0.25) is 4.79 Å². The number of benzene rings is 1. The summed E-state index contributed by atoms with van der Waals surface area (Å²) in [6.45, 7) is 2.72. The molecule has 18 heavy (non-hydrogen) atoms. The van der Waals surface area contributed by atoms with Crippen LogP contribution in [0, 0.1) is 11.3 Å². The Morgan fingerprint density at radius 2 is 2.06 bits per heavy atom. The molecule has 0 unspecified atom stereocenters. The smallest absolute Gasteiger partial charge is 0.228 e. The van der Waals surface area contributed by atoms with E-state index in [1.54, 1.807) is 12.1 Å². The lowest BCUT2D eigenvalue weighted by Gasteiger charge is -2.16. The maximum atomic E-state index is 12.2. The first-order valence-electron chi connectivity index (χ1n) is 5.36. The lowest BCUT2D eigenvalue weighted by Crippen LogP contribution is -2.30. The number of sulfone groups is 1. The first-order chi connectivity index (χ1) is 8.28. The number of hydrogen-bond donors (Lipinski definition) is 1. The van der Waals surface area contributed by atoms with Gasteiger partial charge in [0.15, 0.2) is 14.6 Å². The van der Waals surface area contributed by atoms with E-state index in [-0.39, 0.29) is 17.2 Å². The Labute approximate surface area is 105 Å². The summed E-state index contributed by atoms with van der Waals surface area (Å²) in [4.78, 5) is 11.3. The number of nitrogens with zero attached hydrogens (tertiary/aromatic N) is 1. The zero-order valence-corrected chi connectivity index (χ0v) is 10.8. The van der Waals surface area contributed by atoms with Crippen LogP contribution in [-0.4, -0.2) is 19.1 Å². The third-order valence-electron chi connectivity index (χ3n) is 2.95. The summed E-state index contributed by atoms with van der Waals surface area (Å²) >= 11 is 0. The molecule has 1 aromatic rings. The Morgan fingerprint density at radius 3 is 2.67 bits per heavy atom. The summed E-state index contributed by atoms with van der Waals surface area (Å²) in [5.74, 6) is -0.154. The van der Waals surface area contributed by atoms with E-state index in [0.29, 0.717) is 11.3 Å². The summed E-state index contributed by atoms with van der Waals surface area (Å²) < 4.78 is 23.0. The minimum Gasteiger partial charge on any atom is -0.326 e. The van der Waals surface area contributed by atoms with Crippen molar-refractivity contribution in [3.8, 4) is 6.07 Å². The molecule has 0 spiro atoms. The molecule has 1 heterocycles. The van der Waals surface area contributed by atoms with Crippen LogP contribution >= 0.6 is 0 Å². The Kier molecular flexibility index (Phi) is 2.67. The lowest BCUT2D eigenvalue weighted by atomic mass is 10.2. The summed E-state index contributed by atoms with van der Waals surface area (Å²) in [5, 5.41) is 11.6. The third-order valence-corrected chi connectivity index (χ3v) is 5.26. The van der Waals surface area contributed by atoms with Gasteiger partial charge in [0.2, 0.25) is 5.91 Å². The maximum absolute atomic E-state index is 12.2. The Morgan fingerprint density at radius 1 is 1.39 bits per heavy atom. The van der Waals surface area contributed by atoms with Gasteiger partial charge in [0.1, 0.15) is 0 Å². The monoisotopic (exact) mass is 264 g/mol. The van der Waals surface area contributed by atoms with Crippen LogP contribution < -0.4 is 5.32 Å². The van der Waals surface area contributed by atoms with Gasteiger partial charge in [-0.2, -0.15) is 5.26 Å². The van der Waals surface area contributed by atoms with Crippen LogP contribution in [0.4, 0.5) is 5.69 Å². The highest BCUT2D eigenvalue weighted by atomic mass is 32.2. The first-order valence-corrected chi connectivity index (χ1v) is 6.85. The maximum Gasteiger partial charge on any atom is 0.228 e. The second-order valence-electron chi connectivity index (χ2n) is 4.67. The van der Waals surface area contributed by atoms with Crippen LogP contribution in [0.25, 0.3) is 0 Å². The van der Waals surface area contributed by atoms with Crippen LogP contribution in [0.1, 0.15) is 19.4 Å². The number of rotatable bonds is 2. The summed E-state index contributed by atoms with van der Waals surface area (Å²) in [6, 6.07) is 6.22. The van der Waals surface area contributed by atoms with Gasteiger partial charge in [0, 0.05) is 5.69 Å². The van der Waals surface area contributed by atoms with Crippen molar-refractivity contribution in [3.63, 3.8) is 0 Å². The fraction of sp³-hybridized carbons (Fsp3) is 0.333. The fourth-order valence-electron chi connectivity index (χ4n) is 1.73. The predicted molar refractivity (Wildman–Crippen MR) is 65.7 cm³/mol. The number of nitriles is 1. The molecule has 1 aliphatic heterocycles. The van der Waals surface area contributed by atoms with Crippen LogP contribution in [-0.2, 0) is 21.1 Å². The van der Waals surface area contributed by atoms with Crippen LogP contribution in [0.2, 0.25) is 0 Å². The standard InChI is InChI=1S/C12H12N2O3S/c1-12(2,7-13)18(16,17)9-3-4-10-8(5-9)6-11(15)14-10/h3-5H,6H2,1-2H3,(H,14,15). The van der Waals surface area contributed by atoms with Crippen molar-refractivity contribution in [2.45, 2.75) is 29.9 Å². The zero-order chi connectivity index (χ0) is 13.6. The van der Waals surface area contributed by atoms with Gasteiger partial charge in [-0.25, -0.2) is 8.42 Å². The molecule has 0 atom stereocenters. The molecule has 0 fully saturated rings. The lowest BCUT2D eigenvalue weighted by molar-refractivity contribution is -0.115. The number of nitrogens with one attached hydrogen (secondary N) is 1. The number of carbonyl (C=O) groups is 1. The quantitative estimate of drug-likeness (QED) is 0.871. The first kappa shape index (κ1) is 12.6. The molecule has 0 bridgehead atoms. The largest absolute Gasteiger partial charge is 0.326 e. The van der Waals surface area contributed by atoms with Gasteiger partial charge >= 0.3 is 0 Å². The van der Waals surface area contributed by atoms with E-state index in [9.17, 15) is 13.2 Å². The molecule has 5 nitrogen and oxygen atoms in total. The van der Waals surface area contributed by atoms with Gasteiger partial charge in [0.25, 0.3) is 0 Å². The molecule has 0 saturated carbocycles. The molecular formula is C12H12N2O3S. The predicted octanol–water partition coefficient (Wildman–Crippen LogP) is 1.26. The highest BCUT2D eigenvalue weighted by molar-refractivity contribution is 7.93. The van der Waals surface area contributed by atoms with E-state index in [2.05, 4.69) is 5.32 Å². The SMILES string of the molecule is CC(C)(C#N)S(=O)(=O)c1ccc2c(c1)CC(=O)N2. The van der Waals surface area contributed by atoms with E-state index < -0.39 is 14.6 Å². The molecule has 6 heteroatoms. The zero-order valence-electron chi connectivity index (χ0n) is 10.0.